The SMILES string of the molecule is O=Cc1cnc2cn[nH]c2n1. The third-order valence-electron chi connectivity index (χ3n) is 1.30. The minimum Gasteiger partial charge on any atom is -0.296 e. The molecule has 2 heterocycles. The number of aldehydes is 1. The minimum absolute atomic E-state index is 0.307. The van der Waals surface area contributed by atoms with Crippen molar-refractivity contribution in [1.29, 1.82) is 0 Å². The molecule has 0 saturated carbocycles. The number of hydrogen-bond donors (Lipinski definition) is 1. The molecule has 2 aromatic rings. The highest BCUT2D eigenvalue weighted by Crippen LogP contribution is 2.02. The van der Waals surface area contributed by atoms with Crippen LogP contribution in [0.25, 0.3) is 11.2 Å². The van der Waals surface area contributed by atoms with Crippen LogP contribution in [-0.2, 0) is 0 Å². The summed E-state index contributed by atoms with van der Waals surface area (Å²) in [6.07, 6.45) is 3.61. The molecule has 0 fully saturated rings. The van der Waals surface area contributed by atoms with Gasteiger partial charge in [0.1, 0.15) is 11.2 Å². The van der Waals surface area contributed by atoms with E-state index in [1.54, 1.807) is 6.20 Å². The highest BCUT2D eigenvalue weighted by atomic mass is 16.1. The molecule has 0 bridgehead atoms. The van der Waals surface area contributed by atoms with Crippen molar-refractivity contribution in [3.05, 3.63) is 18.1 Å². The van der Waals surface area contributed by atoms with E-state index in [0.717, 1.165) is 0 Å². The van der Waals surface area contributed by atoms with Gasteiger partial charge in [0.05, 0.1) is 12.4 Å². The molecular formula is C6H4N4O. The van der Waals surface area contributed by atoms with Gasteiger partial charge < -0.3 is 0 Å². The van der Waals surface area contributed by atoms with Gasteiger partial charge in [-0.25, -0.2) is 9.97 Å². The maximum absolute atomic E-state index is 10.2. The van der Waals surface area contributed by atoms with Gasteiger partial charge in [-0.3, -0.25) is 9.89 Å². The van der Waals surface area contributed by atoms with Crippen LogP contribution in [0.4, 0.5) is 0 Å². The fourth-order valence-electron chi connectivity index (χ4n) is 0.800. The van der Waals surface area contributed by atoms with Gasteiger partial charge in [0.2, 0.25) is 0 Å². The molecule has 2 rings (SSSR count). The monoisotopic (exact) mass is 148 g/mol. The maximum atomic E-state index is 10.2. The molecule has 0 unspecified atom stereocenters. The van der Waals surface area contributed by atoms with Crippen LogP contribution in [0.1, 0.15) is 10.5 Å². The molecule has 0 aliphatic rings. The van der Waals surface area contributed by atoms with Gasteiger partial charge in [-0.2, -0.15) is 5.10 Å². The summed E-state index contributed by atoms with van der Waals surface area (Å²) in [6, 6.07) is 0. The van der Waals surface area contributed by atoms with Gasteiger partial charge in [0.15, 0.2) is 11.9 Å². The molecule has 0 aliphatic heterocycles. The van der Waals surface area contributed by atoms with E-state index >= 15 is 0 Å². The van der Waals surface area contributed by atoms with Crippen molar-refractivity contribution >= 4 is 17.5 Å². The Morgan fingerprint density at radius 1 is 1.45 bits per heavy atom. The van der Waals surface area contributed by atoms with Crippen molar-refractivity contribution in [3.8, 4) is 0 Å². The molecule has 0 saturated heterocycles. The Kier molecular flexibility index (Phi) is 1.15. The topological polar surface area (TPSA) is 71.5 Å². The smallest absolute Gasteiger partial charge is 0.174 e. The van der Waals surface area contributed by atoms with Crippen LogP contribution in [0.15, 0.2) is 12.4 Å². The van der Waals surface area contributed by atoms with Gasteiger partial charge in [0.25, 0.3) is 0 Å². The summed E-state index contributed by atoms with van der Waals surface area (Å²) in [7, 11) is 0. The molecule has 2 aromatic heterocycles. The number of nitrogens with one attached hydrogen (secondary N) is 1. The lowest BCUT2D eigenvalue weighted by atomic mass is 10.5. The summed E-state index contributed by atoms with van der Waals surface area (Å²) >= 11 is 0. The lowest BCUT2D eigenvalue weighted by molar-refractivity contribution is 0.111. The van der Waals surface area contributed by atoms with E-state index in [1.807, 2.05) is 0 Å². The third-order valence-corrected chi connectivity index (χ3v) is 1.30. The van der Waals surface area contributed by atoms with Crippen molar-refractivity contribution < 1.29 is 4.79 Å². The predicted octanol–water partition coefficient (Wildman–Crippen LogP) is 0.165. The zero-order valence-electron chi connectivity index (χ0n) is 5.48. The molecule has 0 aliphatic carbocycles. The fraction of sp³-hybridized carbons (Fsp3) is 0. The number of rotatable bonds is 1. The van der Waals surface area contributed by atoms with E-state index in [9.17, 15) is 4.79 Å². The Morgan fingerprint density at radius 3 is 3.18 bits per heavy atom. The first kappa shape index (κ1) is 5.96. The Hall–Kier alpha value is -1.78. The lowest BCUT2D eigenvalue weighted by Crippen LogP contribution is -1.88. The minimum atomic E-state index is 0.307. The van der Waals surface area contributed by atoms with E-state index in [1.165, 1.54) is 6.20 Å². The summed E-state index contributed by atoms with van der Waals surface area (Å²) < 4.78 is 0. The highest BCUT2D eigenvalue weighted by molar-refractivity contribution is 5.76. The van der Waals surface area contributed by atoms with Crippen molar-refractivity contribution in [2.75, 3.05) is 0 Å². The standard InChI is InChI=1S/C6H4N4O/c11-3-4-1-7-5-2-8-10-6(5)9-4/h1-3H,(H,8,9,10). The molecule has 5 heteroatoms. The molecule has 0 radical (unpaired) electrons. The molecule has 0 spiro atoms. The average molecular weight is 148 g/mol. The largest absolute Gasteiger partial charge is 0.296 e. The molecule has 0 amide bonds. The van der Waals surface area contributed by atoms with E-state index in [2.05, 4.69) is 20.2 Å². The van der Waals surface area contributed by atoms with Crippen molar-refractivity contribution in [1.82, 2.24) is 20.2 Å². The number of carbonyl (C=O) groups is 1. The number of H-pyrrole nitrogens is 1. The van der Waals surface area contributed by atoms with Crippen molar-refractivity contribution in [2.24, 2.45) is 0 Å². The number of fused-ring (bicyclic) bond motifs is 1. The second-order valence-electron chi connectivity index (χ2n) is 2.02. The number of aromatic amines is 1. The summed E-state index contributed by atoms with van der Waals surface area (Å²) in [5.41, 5.74) is 1.51. The Bertz CT molecular complexity index is 394. The predicted molar refractivity (Wildman–Crippen MR) is 37.1 cm³/mol. The Morgan fingerprint density at radius 2 is 2.36 bits per heavy atom. The van der Waals surface area contributed by atoms with Gasteiger partial charge in [0, 0.05) is 0 Å². The van der Waals surface area contributed by atoms with Gasteiger partial charge in [-0.1, -0.05) is 0 Å². The van der Waals surface area contributed by atoms with Crippen LogP contribution in [0.2, 0.25) is 0 Å². The van der Waals surface area contributed by atoms with Crippen LogP contribution in [0, 0.1) is 0 Å². The van der Waals surface area contributed by atoms with Crippen LogP contribution >= 0.6 is 0 Å². The van der Waals surface area contributed by atoms with E-state index in [-0.39, 0.29) is 0 Å². The second-order valence-corrected chi connectivity index (χ2v) is 2.02. The first-order valence-corrected chi connectivity index (χ1v) is 3.01. The number of carbonyl (C=O) groups excluding carboxylic acids is 1. The maximum Gasteiger partial charge on any atom is 0.174 e. The molecule has 5 nitrogen and oxygen atoms in total. The molecular weight excluding hydrogens is 144 g/mol. The highest BCUT2D eigenvalue weighted by Gasteiger charge is 1.98. The Labute approximate surface area is 61.5 Å². The summed E-state index contributed by atoms with van der Waals surface area (Å²) in [5.74, 6) is 0. The molecule has 11 heavy (non-hydrogen) atoms. The van der Waals surface area contributed by atoms with Crippen molar-refractivity contribution in [3.63, 3.8) is 0 Å². The quantitative estimate of drug-likeness (QED) is 0.585. The summed E-state index contributed by atoms with van der Waals surface area (Å²) in [5, 5.41) is 6.32. The van der Waals surface area contributed by atoms with Gasteiger partial charge in [-0.05, 0) is 0 Å². The van der Waals surface area contributed by atoms with Gasteiger partial charge >= 0.3 is 0 Å². The molecule has 0 aromatic carbocycles. The number of hydrogen-bond acceptors (Lipinski definition) is 4. The fourth-order valence-corrected chi connectivity index (χ4v) is 0.800. The number of aromatic nitrogens is 4. The second kappa shape index (κ2) is 2.12. The Balaban J connectivity index is 2.76. The molecule has 1 N–H and O–H groups in total. The number of nitrogens with zero attached hydrogens (tertiary/aromatic N) is 3. The van der Waals surface area contributed by atoms with Crippen LogP contribution in [0.3, 0.4) is 0 Å². The third kappa shape index (κ3) is 0.861. The first-order chi connectivity index (χ1) is 5.40. The van der Waals surface area contributed by atoms with Crippen LogP contribution in [0.5, 0.6) is 0 Å². The van der Waals surface area contributed by atoms with Crippen LogP contribution in [-0.4, -0.2) is 26.5 Å². The molecule has 0 atom stereocenters. The zero-order valence-corrected chi connectivity index (χ0v) is 5.48. The average Bonchev–Trinajstić information content (AvgIpc) is 2.50. The summed E-state index contributed by atoms with van der Waals surface area (Å²) in [6.45, 7) is 0. The van der Waals surface area contributed by atoms with Gasteiger partial charge in [-0.15, -0.1) is 0 Å². The van der Waals surface area contributed by atoms with E-state index < -0.39 is 0 Å². The van der Waals surface area contributed by atoms with Crippen molar-refractivity contribution in [2.45, 2.75) is 0 Å². The zero-order chi connectivity index (χ0) is 7.68. The van der Waals surface area contributed by atoms with E-state index in [4.69, 9.17) is 0 Å². The van der Waals surface area contributed by atoms with E-state index in [0.29, 0.717) is 23.1 Å². The first-order valence-electron chi connectivity index (χ1n) is 3.01. The summed E-state index contributed by atoms with van der Waals surface area (Å²) in [4.78, 5) is 18.1. The lowest BCUT2D eigenvalue weighted by Gasteiger charge is -1.87. The normalized spacial score (nSPS) is 10.2. The molecule has 54 valence electrons. The van der Waals surface area contributed by atoms with Crippen LogP contribution < -0.4 is 0 Å².